The van der Waals surface area contributed by atoms with Crippen molar-refractivity contribution in [2.75, 3.05) is 12.3 Å². The fourth-order valence-electron chi connectivity index (χ4n) is 3.44. The van der Waals surface area contributed by atoms with E-state index >= 15 is 0 Å². The number of alkyl halides is 3. The van der Waals surface area contributed by atoms with E-state index in [-0.39, 0.29) is 5.91 Å². The van der Waals surface area contributed by atoms with Crippen molar-refractivity contribution in [3.05, 3.63) is 70.2 Å². The summed E-state index contributed by atoms with van der Waals surface area (Å²) in [5, 5.41) is 2.00. The Morgan fingerprint density at radius 1 is 1.14 bits per heavy atom. The van der Waals surface area contributed by atoms with Crippen LogP contribution < -0.4 is 5.73 Å². The highest BCUT2D eigenvalue weighted by molar-refractivity contribution is 7.13. The third-order valence-electron chi connectivity index (χ3n) is 4.82. The first kappa shape index (κ1) is 18.5. The van der Waals surface area contributed by atoms with Gasteiger partial charge in [-0.3, -0.25) is 4.79 Å². The summed E-state index contributed by atoms with van der Waals surface area (Å²) in [6, 6.07) is 10.9. The smallest absolute Gasteiger partial charge is 0.375 e. The summed E-state index contributed by atoms with van der Waals surface area (Å²) in [5.74, 6) is -0.168. The lowest BCUT2D eigenvalue weighted by Crippen LogP contribution is -2.36. The molecule has 1 aliphatic rings. The Morgan fingerprint density at radius 2 is 1.89 bits per heavy atom. The third-order valence-corrected chi connectivity index (χ3v) is 5.49. The highest BCUT2D eigenvalue weighted by atomic mass is 32.1. The van der Waals surface area contributed by atoms with Crippen LogP contribution in [0, 0.1) is 0 Å². The monoisotopic (exact) mass is 403 g/mol. The van der Waals surface area contributed by atoms with Crippen molar-refractivity contribution in [2.45, 2.75) is 19.1 Å². The van der Waals surface area contributed by atoms with Gasteiger partial charge in [0.1, 0.15) is 5.69 Å². The number of carbonyl (C=O) groups is 1. The Morgan fingerprint density at radius 3 is 2.54 bits per heavy atom. The van der Waals surface area contributed by atoms with E-state index in [0.29, 0.717) is 30.3 Å². The van der Waals surface area contributed by atoms with Crippen LogP contribution in [0.4, 0.5) is 18.3 Å². The molecule has 0 radical (unpaired) electrons. The fourth-order valence-corrected chi connectivity index (χ4v) is 3.98. The summed E-state index contributed by atoms with van der Waals surface area (Å²) in [6.07, 6.45) is -3.73. The number of thiazole rings is 1. The number of hydrogen-bond acceptors (Lipinski definition) is 4. The Labute approximate surface area is 163 Å². The van der Waals surface area contributed by atoms with Crippen LogP contribution in [0.2, 0.25) is 0 Å². The van der Waals surface area contributed by atoms with Gasteiger partial charge in [0.15, 0.2) is 5.13 Å². The maximum Gasteiger partial charge on any atom is 0.416 e. The normalized spacial score (nSPS) is 14.0. The van der Waals surface area contributed by atoms with Crippen molar-refractivity contribution in [1.82, 2.24) is 9.88 Å². The van der Waals surface area contributed by atoms with Crippen molar-refractivity contribution in [2.24, 2.45) is 0 Å². The summed E-state index contributed by atoms with van der Waals surface area (Å²) >= 11 is 1.22. The molecule has 4 rings (SSSR count). The molecule has 0 atom stereocenters. The van der Waals surface area contributed by atoms with Crippen LogP contribution in [0.5, 0.6) is 0 Å². The van der Waals surface area contributed by atoms with Gasteiger partial charge in [0.2, 0.25) is 0 Å². The summed E-state index contributed by atoms with van der Waals surface area (Å²) in [7, 11) is 0. The van der Waals surface area contributed by atoms with Crippen LogP contribution >= 0.6 is 11.3 Å². The minimum absolute atomic E-state index is 0.168. The molecule has 1 amide bonds. The minimum atomic E-state index is -4.35. The average Bonchev–Trinajstić information content (AvgIpc) is 3.12. The van der Waals surface area contributed by atoms with E-state index in [4.69, 9.17) is 5.73 Å². The van der Waals surface area contributed by atoms with Crippen LogP contribution in [0.15, 0.2) is 47.8 Å². The van der Waals surface area contributed by atoms with Gasteiger partial charge in [0, 0.05) is 18.5 Å². The molecule has 0 saturated carbocycles. The molecule has 2 heterocycles. The molecule has 0 aliphatic carbocycles. The third kappa shape index (κ3) is 3.47. The number of carbonyl (C=O) groups excluding carboxylic acids is 1. The lowest BCUT2D eigenvalue weighted by atomic mass is 9.90. The molecule has 0 fully saturated rings. The second-order valence-electron chi connectivity index (χ2n) is 6.57. The minimum Gasteiger partial charge on any atom is -0.375 e. The van der Waals surface area contributed by atoms with Gasteiger partial charge in [0.25, 0.3) is 5.91 Å². The maximum absolute atomic E-state index is 12.8. The van der Waals surface area contributed by atoms with Crippen molar-refractivity contribution < 1.29 is 18.0 Å². The van der Waals surface area contributed by atoms with Crippen LogP contribution in [-0.2, 0) is 19.1 Å². The molecule has 4 nitrogen and oxygen atoms in total. The number of benzene rings is 2. The molecule has 0 unspecified atom stereocenters. The van der Waals surface area contributed by atoms with Gasteiger partial charge in [-0.15, -0.1) is 11.3 Å². The summed E-state index contributed by atoms with van der Waals surface area (Å²) in [4.78, 5) is 18.4. The Bertz CT molecular complexity index is 1030. The van der Waals surface area contributed by atoms with Crippen LogP contribution in [0.1, 0.15) is 27.2 Å². The summed E-state index contributed by atoms with van der Waals surface area (Å²) < 4.78 is 38.4. The highest BCUT2D eigenvalue weighted by Crippen LogP contribution is 2.34. The number of amides is 1. The second kappa shape index (κ2) is 6.94. The molecule has 2 aromatic carbocycles. The SMILES string of the molecule is Nc1nc(C(=O)N2CCc3c(cccc3-c3ccc(C(F)(F)F)cc3)C2)cs1. The average molecular weight is 403 g/mol. The molecule has 3 aromatic rings. The van der Waals surface area contributed by atoms with Crippen molar-refractivity contribution in [3.63, 3.8) is 0 Å². The molecule has 0 spiro atoms. The largest absolute Gasteiger partial charge is 0.416 e. The molecule has 2 N–H and O–H groups in total. The number of nitrogens with two attached hydrogens (primary N) is 1. The van der Waals surface area contributed by atoms with Crippen molar-refractivity contribution in [1.29, 1.82) is 0 Å². The molecular formula is C20H16F3N3OS. The number of nitrogen functional groups attached to an aromatic ring is 1. The standard InChI is InChI=1S/C20H16F3N3OS/c21-20(22,23)14-6-4-12(5-7-14)15-3-1-2-13-10-26(9-8-16(13)15)18(27)17-11-28-19(24)25-17/h1-7,11H,8-10H2,(H2,24,25). The first-order valence-electron chi connectivity index (χ1n) is 8.61. The van der Waals surface area contributed by atoms with Crippen LogP contribution in [-0.4, -0.2) is 22.3 Å². The lowest BCUT2D eigenvalue weighted by Gasteiger charge is -2.30. The molecule has 144 valence electrons. The molecular weight excluding hydrogens is 387 g/mol. The number of aromatic nitrogens is 1. The topological polar surface area (TPSA) is 59.2 Å². The highest BCUT2D eigenvalue weighted by Gasteiger charge is 2.30. The van der Waals surface area contributed by atoms with Crippen molar-refractivity contribution >= 4 is 22.4 Å². The molecule has 28 heavy (non-hydrogen) atoms. The van der Waals surface area contributed by atoms with Gasteiger partial charge in [0.05, 0.1) is 5.56 Å². The number of nitrogens with zero attached hydrogens (tertiary/aromatic N) is 2. The summed E-state index contributed by atoms with van der Waals surface area (Å²) in [5.41, 5.74) is 8.96. The summed E-state index contributed by atoms with van der Waals surface area (Å²) in [6.45, 7) is 0.945. The number of fused-ring (bicyclic) bond motifs is 1. The first-order chi connectivity index (χ1) is 13.3. The van der Waals surface area contributed by atoms with Gasteiger partial charge in [-0.25, -0.2) is 4.98 Å². The van der Waals surface area contributed by atoms with Crippen molar-refractivity contribution in [3.8, 4) is 11.1 Å². The zero-order valence-corrected chi connectivity index (χ0v) is 15.5. The quantitative estimate of drug-likeness (QED) is 0.680. The van der Waals surface area contributed by atoms with Crippen LogP contribution in [0.3, 0.4) is 0 Å². The molecule has 0 bridgehead atoms. The number of hydrogen-bond donors (Lipinski definition) is 1. The maximum atomic E-state index is 12.8. The molecule has 1 aliphatic heterocycles. The molecule has 0 saturated heterocycles. The number of halogens is 3. The van der Waals surface area contributed by atoms with Gasteiger partial charge >= 0.3 is 6.18 Å². The van der Waals surface area contributed by atoms with Gasteiger partial charge in [-0.2, -0.15) is 13.2 Å². The lowest BCUT2D eigenvalue weighted by molar-refractivity contribution is -0.137. The number of anilines is 1. The first-order valence-corrected chi connectivity index (χ1v) is 9.49. The molecule has 8 heteroatoms. The van der Waals surface area contributed by atoms with Gasteiger partial charge < -0.3 is 10.6 Å². The van der Waals surface area contributed by atoms with Crippen LogP contribution in [0.25, 0.3) is 11.1 Å². The molecule has 1 aromatic heterocycles. The van der Waals surface area contributed by atoms with E-state index in [2.05, 4.69) is 4.98 Å². The van der Waals surface area contributed by atoms with E-state index in [1.165, 1.54) is 23.5 Å². The zero-order valence-electron chi connectivity index (χ0n) is 14.7. The Kier molecular flexibility index (Phi) is 4.58. The Balaban J connectivity index is 1.61. The van der Waals surface area contributed by atoms with Gasteiger partial charge in [-0.05, 0) is 40.8 Å². The van der Waals surface area contributed by atoms with Gasteiger partial charge in [-0.1, -0.05) is 30.3 Å². The van der Waals surface area contributed by atoms with E-state index in [0.717, 1.165) is 34.4 Å². The predicted molar refractivity (Wildman–Crippen MR) is 102 cm³/mol. The predicted octanol–water partition coefficient (Wildman–Crippen LogP) is 4.61. The zero-order chi connectivity index (χ0) is 19.9. The Hall–Kier alpha value is -2.87. The fraction of sp³-hybridized carbons (Fsp3) is 0.200. The van der Waals surface area contributed by atoms with E-state index in [9.17, 15) is 18.0 Å². The second-order valence-corrected chi connectivity index (χ2v) is 7.46. The van der Waals surface area contributed by atoms with E-state index in [1.807, 2.05) is 18.2 Å². The van der Waals surface area contributed by atoms with E-state index < -0.39 is 11.7 Å². The number of rotatable bonds is 2. The van der Waals surface area contributed by atoms with E-state index in [1.54, 1.807) is 10.3 Å².